The van der Waals surface area contributed by atoms with Gasteiger partial charge in [0, 0.05) is 24.9 Å². The highest BCUT2D eigenvalue weighted by molar-refractivity contribution is 7.98. The van der Waals surface area contributed by atoms with Crippen LogP contribution in [0, 0.1) is 11.8 Å². The molecule has 0 spiro atoms. The molecule has 5 nitrogen and oxygen atoms in total. The van der Waals surface area contributed by atoms with Crippen LogP contribution in [-0.2, 0) is 4.79 Å². The molecule has 3 atom stereocenters. The number of aliphatic carboxylic acids is 1. The zero-order valence-electron chi connectivity index (χ0n) is 11.2. The zero-order valence-corrected chi connectivity index (χ0v) is 12.0. The van der Waals surface area contributed by atoms with Crippen LogP contribution in [0.2, 0.25) is 0 Å². The van der Waals surface area contributed by atoms with Crippen LogP contribution in [0.15, 0.2) is 0 Å². The molecule has 1 aliphatic rings. The van der Waals surface area contributed by atoms with E-state index in [2.05, 4.69) is 5.32 Å². The third-order valence-corrected chi connectivity index (χ3v) is 4.14. The van der Waals surface area contributed by atoms with Crippen molar-refractivity contribution in [2.75, 3.05) is 25.1 Å². The molecular formula is C12H22N2O3S. The summed E-state index contributed by atoms with van der Waals surface area (Å²) in [6, 6.07) is 0.0261. The maximum atomic E-state index is 12.0. The molecule has 0 radical (unpaired) electrons. The smallest absolute Gasteiger partial charge is 0.317 e. The van der Waals surface area contributed by atoms with E-state index in [0.717, 1.165) is 12.2 Å². The topological polar surface area (TPSA) is 69.6 Å². The van der Waals surface area contributed by atoms with Crippen LogP contribution in [0.5, 0.6) is 0 Å². The molecule has 1 unspecified atom stereocenters. The molecule has 1 heterocycles. The summed E-state index contributed by atoms with van der Waals surface area (Å²) >= 11 is 1.70. The fourth-order valence-electron chi connectivity index (χ4n) is 2.18. The lowest BCUT2D eigenvalue weighted by Crippen LogP contribution is -2.45. The number of nitrogens with one attached hydrogen (secondary N) is 1. The van der Waals surface area contributed by atoms with Gasteiger partial charge < -0.3 is 15.3 Å². The van der Waals surface area contributed by atoms with E-state index in [-0.39, 0.29) is 18.0 Å². The Morgan fingerprint density at radius 3 is 2.61 bits per heavy atom. The van der Waals surface area contributed by atoms with Crippen molar-refractivity contribution >= 4 is 23.8 Å². The van der Waals surface area contributed by atoms with Crippen molar-refractivity contribution in [2.24, 2.45) is 11.8 Å². The van der Waals surface area contributed by atoms with Crippen molar-refractivity contribution in [3.63, 3.8) is 0 Å². The molecule has 0 aromatic heterocycles. The highest BCUT2D eigenvalue weighted by Crippen LogP contribution is 2.23. The van der Waals surface area contributed by atoms with Gasteiger partial charge in [-0.25, -0.2) is 4.79 Å². The van der Waals surface area contributed by atoms with Crippen LogP contribution < -0.4 is 5.32 Å². The first-order valence-corrected chi connectivity index (χ1v) is 7.66. The van der Waals surface area contributed by atoms with E-state index in [0.29, 0.717) is 13.1 Å². The standard InChI is InChI=1S/C12H22N2O3S/c1-4-9(7-18-3)13-12(17)14-5-8(2)10(6-14)11(15)16/h8-10H,4-7H2,1-3H3,(H,13,17)(H,15,16)/t8-,9?,10-/m1/s1. The number of rotatable bonds is 5. The van der Waals surface area contributed by atoms with E-state index < -0.39 is 11.9 Å². The predicted octanol–water partition coefficient (Wildman–Crippen LogP) is 1.49. The number of carbonyl (C=O) groups is 2. The van der Waals surface area contributed by atoms with Gasteiger partial charge in [-0.2, -0.15) is 11.8 Å². The molecular weight excluding hydrogens is 252 g/mol. The van der Waals surface area contributed by atoms with Gasteiger partial charge >= 0.3 is 12.0 Å². The molecule has 2 N–H and O–H groups in total. The first-order chi connectivity index (χ1) is 8.49. The minimum Gasteiger partial charge on any atom is -0.481 e. The molecule has 0 saturated carbocycles. The van der Waals surface area contributed by atoms with Crippen LogP contribution in [-0.4, -0.2) is 53.1 Å². The lowest BCUT2D eigenvalue weighted by molar-refractivity contribution is -0.142. The average molecular weight is 274 g/mol. The second kappa shape index (κ2) is 6.87. The first kappa shape index (κ1) is 15.1. The summed E-state index contributed by atoms with van der Waals surface area (Å²) in [6.45, 7) is 4.76. The number of likely N-dealkylation sites (tertiary alicyclic amines) is 1. The summed E-state index contributed by atoms with van der Waals surface area (Å²) < 4.78 is 0. The Labute approximate surface area is 112 Å². The fourth-order valence-corrected chi connectivity index (χ4v) is 2.90. The summed E-state index contributed by atoms with van der Waals surface area (Å²) in [7, 11) is 0. The normalized spacial score (nSPS) is 24.9. The van der Waals surface area contributed by atoms with E-state index in [1.807, 2.05) is 20.1 Å². The average Bonchev–Trinajstić information content (AvgIpc) is 2.70. The number of hydrogen-bond donors (Lipinski definition) is 2. The van der Waals surface area contributed by atoms with Crippen molar-refractivity contribution in [3.8, 4) is 0 Å². The molecule has 1 aliphatic heterocycles. The largest absolute Gasteiger partial charge is 0.481 e. The monoisotopic (exact) mass is 274 g/mol. The summed E-state index contributed by atoms with van der Waals surface area (Å²) in [5, 5.41) is 12.0. The van der Waals surface area contributed by atoms with Gasteiger partial charge in [-0.15, -0.1) is 0 Å². The molecule has 0 aliphatic carbocycles. The van der Waals surface area contributed by atoms with Crippen molar-refractivity contribution in [2.45, 2.75) is 26.3 Å². The number of carboxylic acid groups (broad SMARTS) is 1. The first-order valence-electron chi connectivity index (χ1n) is 6.26. The molecule has 1 saturated heterocycles. The molecule has 0 aromatic rings. The number of thioether (sulfide) groups is 1. The van der Waals surface area contributed by atoms with Crippen LogP contribution in [0.1, 0.15) is 20.3 Å². The zero-order chi connectivity index (χ0) is 13.7. The maximum absolute atomic E-state index is 12.0. The van der Waals surface area contributed by atoms with E-state index in [4.69, 9.17) is 5.11 Å². The second-order valence-electron chi connectivity index (χ2n) is 4.84. The van der Waals surface area contributed by atoms with Crippen molar-refractivity contribution in [1.82, 2.24) is 10.2 Å². The second-order valence-corrected chi connectivity index (χ2v) is 5.75. The SMILES string of the molecule is CCC(CSC)NC(=O)N1C[C@@H](C)[C@H](C(=O)O)C1. The molecule has 18 heavy (non-hydrogen) atoms. The number of carbonyl (C=O) groups excluding carboxylic acids is 1. The Hall–Kier alpha value is -0.910. The van der Waals surface area contributed by atoms with Gasteiger partial charge in [0.15, 0.2) is 0 Å². The Balaban J connectivity index is 2.51. The highest BCUT2D eigenvalue weighted by Gasteiger charge is 2.37. The number of nitrogens with zero attached hydrogens (tertiary/aromatic N) is 1. The van der Waals surface area contributed by atoms with Crippen molar-refractivity contribution < 1.29 is 14.7 Å². The van der Waals surface area contributed by atoms with Crippen molar-refractivity contribution in [3.05, 3.63) is 0 Å². The Morgan fingerprint density at radius 2 is 2.17 bits per heavy atom. The minimum absolute atomic E-state index is 0.0221. The Kier molecular flexibility index (Phi) is 5.78. The quantitative estimate of drug-likeness (QED) is 0.797. The fraction of sp³-hybridized carbons (Fsp3) is 0.833. The van der Waals surface area contributed by atoms with Crippen LogP contribution in [0.3, 0.4) is 0 Å². The van der Waals surface area contributed by atoms with Crippen LogP contribution in [0.25, 0.3) is 0 Å². The van der Waals surface area contributed by atoms with Crippen LogP contribution >= 0.6 is 11.8 Å². The predicted molar refractivity (Wildman–Crippen MR) is 72.9 cm³/mol. The minimum atomic E-state index is -0.811. The summed E-state index contributed by atoms with van der Waals surface area (Å²) in [5.41, 5.74) is 0. The van der Waals surface area contributed by atoms with Gasteiger partial charge in [-0.05, 0) is 18.6 Å². The van der Waals surface area contributed by atoms with E-state index in [1.54, 1.807) is 16.7 Å². The van der Waals surface area contributed by atoms with E-state index >= 15 is 0 Å². The highest BCUT2D eigenvalue weighted by atomic mass is 32.2. The lowest BCUT2D eigenvalue weighted by Gasteiger charge is -2.22. The number of urea groups is 1. The lowest BCUT2D eigenvalue weighted by atomic mass is 9.99. The van der Waals surface area contributed by atoms with Gasteiger partial charge in [0.05, 0.1) is 5.92 Å². The number of amides is 2. The van der Waals surface area contributed by atoms with Gasteiger partial charge in [-0.3, -0.25) is 4.79 Å². The third kappa shape index (κ3) is 3.80. The van der Waals surface area contributed by atoms with Crippen molar-refractivity contribution in [1.29, 1.82) is 0 Å². The van der Waals surface area contributed by atoms with Crippen LogP contribution in [0.4, 0.5) is 4.79 Å². The van der Waals surface area contributed by atoms with E-state index in [9.17, 15) is 9.59 Å². The van der Waals surface area contributed by atoms with E-state index in [1.165, 1.54) is 0 Å². The number of hydrogen-bond acceptors (Lipinski definition) is 3. The summed E-state index contributed by atoms with van der Waals surface area (Å²) in [4.78, 5) is 24.6. The maximum Gasteiger partial charge on any atom is 0.317 e. The van der Waals surface area contributed by atoms with Gasteiger partial charge in [0.1, 0.15) is 0 Å². The molecule has 1 rings (SSSR count). The van der Waals surface area contributed by atoms with Gasteiger partial charge in [-0.1, -0.05) is 13.8 Å². The molecule has 0 aromatic carbocycles. The third-order valence-electron chi connectivity index (χ3n) is 3.41. The van der Waals surface area contributed by atoms with Gasteiger partial charge in [0.25, 0.3) is 0 Å². The molecule has 6 heteroatoms. The molecule has 0 bridgehead atoms. The Morgan fingerprint density at radius 1 is 1.50 bits per heavy atom. The molecule has 104 valence electrons. The molecule has 2 amide bonds. The summed E-state index contributed by atoms with van der Waals surface area (Å²) in [6.07, 6.45) is 2.89. The van der Waals surface area contributed by atoms with Gasteiger partial charge in [0.2, 0.25) is 0 Å². The Bertz CT molecular complexity index is 312. The molecule has 1 fully saturated rings. The number of carboxylic acids is 1. The summed E-state index contributed by atoms with van der Waals surface area (Å²) in [5.74, 6) is -0.340.